The molecule has 37 heavy (non-hydrogen) atoms. The molecule has 1 saturated heterocycles. The number of thiocarbonyl (C=S) groups is 1. The Hall–Kier alpha value is -4.18. The van der Waals surface area contributed by atoms with E-state index in [2.05, 4.69) is 5.32 Å². The molecule has 1 atom stereocenters. The van der Waals surface area contributed by atoms with Gasteiger partial charge in [0, 0.05) is 12.2 Å². The number of benzene rings is 3. The van der Waals surface area contributed by atoms with Crippen molar-refractivity contribution in [2.75, 3.05) is 16.8 Å². The number of esters is 1. The summed E-state index contributed by atoms with van der Waals surface area (Å²) in [7, 11) is 0. The summed E-state index contributed by atoms with van der Waals surface area (Å²) in [6.45, 7) is 2.12. The van der Waals surface area contributed by atoms with Crippen molar-refractivity contribution in [3.05, 3.63) is 95.6 Å². The molecule has 1 N–H and O–H groups in total. The molecule has 1 fully saturated rings. The van der Waals surface area contributed by atoms with E-state index >= 15 is 0 Å². The van der Waals surface area contributed by atoms with Gasteiger partial charge in [-0.05, 0) is 85.4 Å². The molecule has 0 aliphatic carbocycles. The number of ether oxygens (including phenoxy) is 1. The first kappa shape index (κ1) is 25.9. The van der Waals surface area contributed by atoms with Gasteiger partial charge in [-0.3, -0.25) is 14.5 Å². The minimum atomic E-state index is -0.943. The van der Waals surface area contributed by atoms with E-state index in [1.165, 1.54) is 53.4 Å². The number of hydrogen-bond acceptors (Lipinski definition) is 5. The highest BCUT2D eigenvalue weighted by molar-refractivity contribution is 7.80. The van der Waals surface area contributed by atoms with E-state index < -0.39 is 35.5 Å². The summed E-state index contributed by atoms with van der Waals surface area (Å²) in [5.41, 5.74) is 1.85. The number of rotatable bonds is 8. The Balaban J connectivity index is 1.54. The van der Waals surface area contributed by atoms with E-state index in [-0.39, 0.29) is 24.7 Å². The Morgan fingerprint density at radius 1 is 0.946 bits per heavy atom. The van der Waals surface area contributed by atoms with Gasteiger partial charge in [0.15, 0.2) is 5.11 Å². The van der Waals surface area contributed by atoms with Gasteiger partial charge in [-0.1, -0.05) is 12.1 Å². The van der Waals surface area contributed by atoms with Crippen LogP contribution in [0.3, 0.4) is 0 Å². The fourth-order valence-corrected chi connectivity index (χ4v) is 4.31. The maximum atomic E-state index is 13.5. The molecule has 0 radical (unpaired) electrons. The second-order valence-electron chi connectivity index (χ2n) is 8.25. The molecule has 2 amide bonds. The topological polar surface area (TPSA) is 78.9 Å². The van der Waals surface area contributed by atoms with Crippen LogP contribution in [0, 0.1) is 11.6 Å². The summed E-state index contributed by atoms with van der Waals surface area (Å²) < 4.78 is 31.8. The summed E-state index contributed by atoms with van der Waals surface area (Å²) in [6, 6.07) is 16.3. The Morgan fingerprint density at radius 3 is 2.14 bits per heavy atom. The maximum Gasteiger partial charge on any atom is 0.338 e. The van der Waals surface area contributed by atoms with Crippen molar-refractivity contribution in [1.82, 2.24) is 4.90 Å². The minimum absolute atomic E-state index is 0.150. The summed E-state index contributed by atoms with van der Waals surface area (Å²) in [4.78, 5) is 41.1. The monoisotopic (exact) mass is 523 g/mol. The third kappa shape index (κ3) is 5.97. The lowest BCUT2D eigenvalue weighted by atomic mass is 10.1. The number of halogens is 2. The summed E-state index contributed by atoms with van der Waals surface area (Å²) in [5.74, 6) is -2.22. The second-order valence-corrected chi connectivity index (χ2v) is 8.62. The van der Waals surface area contributed by atoms with Gasteiger partial charge in [-0.15, -0.1) is 0 Å². The molecule has 0 aromatic heterocycles. The molecule has 0 saturated carbocycles. The summed E-state index contributed by atoms with van der Waals surface area (Å²) in [5, 5.41) is 2.88. The maximum absolute atomic E-state index is 13.5. The molecule has 1 aliphatic heterocycles. The van der Waals surface area contributed by atoms with Crippen molar-refractivity contribution >= 4 is 46.5 Å². The number of nitrogens with one attached hydrogen (secondary N) is 1. The van der Waals surface area contributed by atoms with Crippen LogP contribution in [0.4, 0.5) is 20.2 Å². The molecular formula is C27H23F2N3O4S. The van der Waals surface area contributed by atoms with E-state index in [9.17, 15) is 23.2 Å². The van der Waals surface area contributed by atoms with Gasteiger partial charge in [0.2, 0.25) is 5.91 Å². The Kier molecular flexibility index (Phi) is 7.88. The summed E-state index contributed by atoms with van der Waals surface area (Å²) in [6.07, 6.45) is -0.225. The Bertz CT molecular complexity index is 1310. The quantitative estimate of drug-likeness (QED) is 0.342. The lowest BCUT2D eigenvalue weighted by Gasteiger charge is -2.24. The van der Waals surface area contributed by atoms with Crippen LogP contribution in [0.5, 0.6) is 0 Å². The molecule has 0 unspecified atom stereocenters. The number of nitrogens with zero attached hydrogens (tertiary/aromatic N) is 2. The van der Waals surface area contributed by atoms with Gasteiger partial charge >= 0.3 is 5.97 Å². The van der Waals surface area contributed by atoms with Crippen LogP contribution in [-0.2, 0) is 20.9 Å². The van der Waals surface area contributed by atoms with E-state index in [0.29, 0.717) is 22.5 Å². The molecule has 190 valence electrons. The Labute approximate surface area is 217 Å². The normalized spacial score (nSPS) is 15.2. The van der Waals surface area contributed by atoms with Gasteiger partial charge in [0.05, 0.1) is 24.3 Å². The smallest absolute Gasteiger partial charge is 0.338 e. The standard InChI is InChI=1S/C27H23F2N3O4S/c1-2-36-26(35)18-5-11-21(12-6-18)30-24(33)15-23-25(34)32(22-13-9-20(29)10-14-22)27(37)31(23)16-17-3-7-19(28)8-4-17/h3-14,23H,2,15-16H2,1H3,(H,30,33)/t23-/m1/s1. The molecule has 0 spiro atoms. The number of hydrogen-bond donors (Lipinski definition) is 1. The van der Waals surface area contributed by atoms with Crippen molar-refractivity contribution in [3.63, 3.8) is 0 Å². The highest BCUT2D eigenvalue weighted by atomic mass is 32.1. The molecule has 10 heteroatoms. The van der Waals surface area contributed by atoms with Gasteiger partial charge in [0.1, 0.15) is 17.7 Å². The van der Waals surface area contributed by atoms with Crippen LogP contribution in [0.25, 0.3) is 0 Å². The molecule has 7 nitrogen and oxygen atoms in total. The van der Waals surface area contributed by atoms with E-state index in [4.69, 9.17) is 17.0 Å². The highest BCUT2D eigenvalue weighted by Crippen LogP contribution is 2.29. The average molecular weight is 524 g/mol. The molecule has 1 heterocycles. The third-order valence-corrected chi connectivity index (χ3v) is 6.15. The first-order valence-corrected chi connectivity index (χ1v) is 11.9. The summed E-state index contributed by atoms with van der Waals surface area (Å²) >= 11 is 5.59. The van der Waals surface area contributed by atoms with Crippen LogP contribution < -0.4 is 10.2 Å². The van der Waals surface area contributed by atoms with Crippen LogP contribution in [0.15, 0.2) is 72.8 Å². The van der Waals surface area contributed by atoms with Crippen LogP contribution in [0.2, 0.25) is 0 Å². The van der Waals surface area contributed by atoms with Crippen LogP contribution in [-0.4, -0.2) is 40.4 Å². The van der Waals surface area contributed by atoms with Crippen LogP contribution >= 0.6 is 12.2 Å². The molecular weight excluding hydrogens is 500 g/mol. The van der Waals surface area contributed by atoms with Gasteiger partial charge < -0.3 is 15.0 Å². The zero-order chi connectivity index (χ0) is 26.5. The average Bonchev–Trinajstić information content (AvgIpc) is 3.10. The zero-order valence-corrected chi connectivity index (χ0v) is 20.6. The van der Waals surface area contributed by atoms with Crippen molar-refractivity contribution in [2.24, 2.45) is 0 Å². The van der Waals surface area contributed by atoms with Gasteiger partial charge in [-0.2, -0.15) is 0 Å². The van der Waals surface area contributed by atoms with Crippen molar-refractivity contribution in [1.29, 1.82) is 0 Å². The molecule has 1 aliphatic rings. The number of carbonyl (C=O) groups is 3. The largest absolute Gasteiger partial charge is 0.462 e. The van der Waals surface area contributed by atoms with Crippen molar-refractivity contribution in [3.8, 4) is 0 Å². The van der Waals surface area contributed by atoms with Crippen LogP contribution in [0.1, 0.15) is 29.3 Å². The molecule has 4 rings (SSSR count). The van der Waals surface area contributed by atoms with E-state index in [1.54, 1.807) is 36.1 Å². The second kappa shape index (κ2) is 11.3. The fourth-order valence-electron chi connectivity index (χ4n) is 3.92. The predicted octanol–water partition coefficient (Wildman–Crippen LogP) is 4.67. The van der Waals surface area contributed by atoms with Gasteiger partial charge in [0.25, 0.3) is 5.91 Å². The first-order valence-electron chi connectivity index (χ1n) is 11.5. The van der Waals surface area contributed by atoms with E-state index in [0.717, 1.165) is 0 Å². The van der Waals surface area contributed by atoms with E-state index in [1.807, 2.05) is 0 Å². The predicted molar refractivity (Wildman–Crippen MR) is 138 cm³/mol. The number of amides is 2. The number of carbonyl (C=O) groups excluding carboxylic acids is 3. The molecule has 3 aromatic carbocycles. The first-order chi connectivity index (χ1) is 17.8. The van der Waals surface area contributed by atoms with Crippen molar-refractivity contribution in [2.45, 2.75) is 25.9 Å². The molecule has 0 bridgehead atoms. The number of anilines is 2. The SMILES string of the molecule is CCOC(=O)c1ccc(NC(=O)C[C@@H]2C(=O)N(c3ccc(F)cc3)C(=S)N2Cc2ccc(F)cc2)cc1. The van der Waals surface area contributed by atoms with Gasteiger partial charge in [-0.25, -0.2) is 13.6 Å². The molecule has 3 aromatic rings. The third-order valence-electron chi connectivity index (χ3n) is 5.73. The Morgan fingerprint density at radius 2 is 1.54 bits per heavy atom. The highest BCUT2D eigenvalue weighted by Gasteiger charge is 2.44. The lowest BCUT2D eigenvalue weighted by molar-refractivity contribution is -0.124. The zero-order valence-electron chi connectivity index (χ0n) is 19.8. The lowest BCUT2D eigenvalue weighted by Crippen LogP contribution is -2.37. The van der Waals surface area contributed by atoms with Crippen molar-refractivity contribution < 1.29 is 27.9 Å². The fraction of sp³-hybridized carbons (Fsp3) is 0.185. The minimum Gasteiger partial charge on any atom is -0.462 e.